The SMILES string of the molecule is CC(C)C(C)NCC(O)C1CC1. The molecule has 0 aromatic heterocycles. The maximum Gasteiger partial charge on any atom is 0.0692 e. The van der Waals surface area contributed by atoms with E-state index in [0.717, 1.165) is 6.54 Å². The van der Waals surface area contributed by atoms with Gasteiger partial charge in [-0.3, -0.25) is 0 Å². The Labute approximate surface area is 75.4 Å². The zero-order valence-electron chi connectivity index (χ0n) is 8.38. The van der Waals surface area contributed by atoms with Gasteiger partial charge in [0.25, 0.3) is 0 Å². The lowest BCUT2D eigenvalue weighted by Gasteiger charge is -2.19. The van der Waals surface area contributed by atoms with Crippen molar-refractivity contribution in [2.75, 3.05) is 6.54 Å². The van der Waals surface area contributed by atoms with Crippen LogP contribution < -0.4 is 5.32 Å². The van der Waals surface area contributed by atoms with Gasteiger partial charge in [-0.2, -0.15) is 0 Å². The molecule has 0 aromatic carbocycles. The summed E-state index contributed by atoms with van der Waals surface area (Å²) in [5, 5.41) is 12.9. The maximum atomic E-state index is 9.56. The van der Waals surface area contributed by atoms with Gasteiger partial charge in [-0.05, 0) is 31.6 Å². The van der Waals surface area contributed by atoms with E-state index in [2.05, 4.69) is 26.1 Å². The van der Waals surface area contributed by atoms with Crippen molar-refractivity contribution in [3.05, 3.63) is 0 Å². The number of rotatable bonds is 5. The van der Waals surface area contributed by atoms with Crippen LogP contribution in [-0.4, -0.2) is 23.8 Å². The molecule has 1 rings (SSSR count). The Kier molecular flexibility index (Phi) is 3.53. The number of hydrogen-bond donors (Lipinski definition) is 2. The van der Waals surface area contributed by atoms with Gasteiger partial charge in [0.2, 0.25) is 0 Å². The van der Waals surface area contributed by atoms with Crippen molar-refractivity contribution in [3.8, 4) is 0 Å². The minimum Gasteiger partial charge on any atom is -0.392 e. The summed E-state index contributed by atoms with van der Waals surface area (Å²) in [4.78, 5) is 0. The zero-order valence-corrected chi connectivity index (χ0v) is 8.38. The van der Waals surface area contributed by atoms with Crippen LogP contribution in [0.15, 0.2) is 0 Å². The average molecular weight is 171 g/mol. The Balaban J connectivity index is 2.07. The first-order valence-electron chi connectivity index (χ1n) is 5.02. The van der Waals surface area contributed by atoms with E-state index in [0.29, 0.717) is 17.9 Å². The van der Waals surface area contributed by atoms with E-state index in [4.69, 9.17) is 0 Å². The standard InChI is InChI=1S/C10H21NO/c1-7(2)8(3)11-6-10(12)9-4-5-9/h7-12H,4-6H2,1-3H3. The van der Waals surface area contributed by atoms with Crippen molar-refractivity contribution in [1.82, 2.24) is 5.32 Å². The molecule has 2 nitrogen and oxygen atoms in total. The molecule has 0 radical (unpaired) electrons. The summed E-state index contributed by atoms with van der Waals surface area (Å²) in [6.07, 6.45) is 2.34. The Morgan fingerprint density at radius 3 is 2.33 bits per heavy atom. The van der Waals surface area contributed by atoms with Gasteiger partial charge in [-0.1, -0.05) is 13.8 Å². The molecular formula is C10H21NO. The molecule has 0 aliphatic heterocycles. The summed E-state index contributed by atoms with van der Waals surface area (Å²) >= 11 is 0. The van der Waals surface area contributed by atoms with Crippen LogP contribution in [0.2, 0.25) is 0 Å². The van der Waals surface area contributed by atoms with Gasteiger partial charge in [0.05, 0.1) is 6.10 Å². The van der Waals surface area contributed by atoms with Crippen molar-refractivity contribution in [1.29, 1.82) is 0 Å². The smallest absolute Gasteiger partial charge is 0.0692 e. The van der Waals surface area contributed by atoms with Gasteiger partial charge in [0, 0.05) is 12.6 Å². The lowest BCUT2D eigenvalue weighted by molar-refractivity contribution is 0.142. The highest BCUT2D eigenvalue weighted by Crippen LogP contribution is 2.32. The molecule has 0 saturated heterocycles. The quantitative estimate of drug-likeness (QED) is 0.655. The molecule has 1 saturated carbocycles. The van der Waals surface area contributed by atoms with Gasteiger partial charge in [0.1, 0.15) is 0 Å². The molecule has 1 aliphatic rings. The molecular weight excluding hydrogens is 150 g/mol. The molecule has 0 spiro atoms. The molecule has 2 N–H and O–H groups in total. The molecule has 72 valence electrons. The molecule has 12 heavy (non-hydrogen) atoms. The largest absolute Gasteiger partial charge is 0.392 e. The number of aliphatic hydroxyl groups excluding tert-OH is 1. The van der Waals surface area contributed by atoms with Crippen LogP contribution in [0.5, 0.6) is 0 Å². The Bertz CT molecular complexity index is 124. The Morgan fingerprint density at radius 2 is 1.92 bits per heavy atom. The second kappa shape index (κ2) is 4.24. The van der Waals surface area contributed by atoms with Crippen LogP contribution in [0, 0.1) is 11.8 Å². The molecule has 0 amide bonds. The van der Waals surface area contributed by atoms with E-state index >= 15 is 0 Å². The van der Waals surface area contributed by atoms with Crippen LogP contribution >= 0.6 is 0 Å². The third kappa shape index (κ3) is 3.11. The van der Waals surface area contributed by atoms with Crippen molar-refractivity contribution in [3.63, 3.8) is 0 Å². The minimum atomic E-state index is -0.105. The first-order valence-corrected chi connectivity index (χ1v) is 5.02. The van der Waals surface area contributed by atoms with Crippen LogP contribution in [-0.2, 0) is 0 Å². The van der Waals surface area contributed by atoms with Crippen molar-refractivity contribution >= 4 is 0 Å². The highest BCUT2D eigenvalue weighted by Gasteiger charge is 2.29. The van der Waals surface area contributed by atoms with Gasteiger partial charge in [-0.25, -0.2) is 0 Å². The Hall–Kier alpha value is -0.0800. The van der Waals surface area contributed by atoms with Crippen LogP contribution in [0.25, 0.3) is 0 Å². The molecule has 2 atom stereocenters. The fourth-order valence-corrected chi connectivity index (χ4v) is 1.19. The Morgan fingerprint density at radius 1 is 1.33 bits per heavy atom. The summed E-state index contributed by atoms with van der Waals surface area (Å²) in [5.41, 5.74) is 0. The number of hydrogen-bond acceptors (Lipinski definition) is 2. The van der Waals surface area contributed by atoms with Gasteiger partial charge >= 0.3 is 0 Å². The third-order valence-electron chi connectivity index (χ3n) is 2.82. The fraction of sp³-hybridized carbons (Fsp3) is 1.00. The highest BCUT2D eigenvalue weighted by atomic mass is 16.3. The van der Waals surface area contributed by atoms with E-state index in [9.17, 15) is 5.11 Å². The predicted octanol–water partition coefficient (Wildman–Crippen LogP) is 1.39. The molecule has 1 aliphatic carbocycles. The van der Waals surface area contributed by atoms with Crippen molar-refractivity contribution < 1.29 is 5.11 Å². The molecule has 2 heteroatoms. The van der Waals surface area contributed by atoms with E-state index in [1.807, 2.05) is 0 Å². The van der Waals surface area contributed by atoms with E-state index < -0.39 is 0 Å². The summed E-state index contributed by atoms with van der Waals surface area (Å²) in [6.45, 7) is 7.33. The first-order chi connectivity index (χ1) is 5.61. The number of nitrogens with one attached hydrogen (secondary N) is 1. The summed E-state index contributed by atoms with van der Waals surface area (Å²) in [6, 6.07) is 0.512. The maximum absolute atomic E-state index is 9.56. The predicted molar refractivity (Wildman–Crippen MR) is 51.0 cm³/mol. The van der Waals surface area contributed by atoms with E-state index in [1.54, 1.807) is 0 Å². The van der Waals surface area contributed by atoms with Crippen LogP contribution in [0.1, 0.15) is 33.6 Å². The zero-order chi connectivity index (χ0) is 9.14. The lowest BCUT2D eigenvalue weighted by Crippen LogP contribution is -2.37. The third-order valence-corrected chi connectivity index (χ3v) is 2.82. The van der Waals surface area contributed by atoms with Crippen LogP contribution in [0.4, 0.5) is 0 Å². The highest BCUT2D eigenvalue weighted by molar-refractivity contribution is 4.82. The van der Waals surface area contributed by atoms with E-state index in [-0.39, 0.29) is 6.10 Å². The summed E-state index contributed by atoms with van der Waals surface area (Å²) in [5.74, 6) is 1.24. The summed E-state index contributed by atoms with van der Waals surface area (Å²) < 4.78 is 0. The van der Waals surface area contributed by atoms with Crippen LogP contribution in [0.3, 0.4) is 0 Å². The van der Waals surface area contributed by atoms with E-state index in [1.165, 1.54) is 12.8 Å². The average Bonchev–Trinajstić information content (AvgIpc) is 2.81. The van der Waals surface area contributed by atoms with Gasteiger partial charge in [-0.15, -0.1) is 0 Å². The molecule has 0 aromatic rings. The minimum absolute atomic E-state index is 0.105. The monoisotopic (exact) mass is 171 g/mol. The second-order valence-electron chi connectivity index (χ2n) is 4.35. The van der Waals surface area contributed by atoms with Gasteiger partial charge < -0.3 is 10.4 Å². The van der Waals surface area contributed by atoms with Crippen molar-refractivity contribution in [2.24, 2.45) is 11.8 Å². The number of aliphatic hydroxyl groups is 1. The summed E-state index contributed by atoms with van der Waals surface area (Å²) in [7, 11) is 0. The second-order valence-corrected chi connectivity index (χ2v) is 4.35. The molecule has 2 unspecified atom stereocenters. The normalized spacial score (nSPS) is 22.8. The topological polar surface area (TPSA) is 32.3 Å². The molecule has 0 bridgehead atoms. The molecule has 0 heterocycles. The fourth-order valence-electron chi connectivity index (χ4n) is 1.19. The van der Waals surface area contributed by atoms with Crippen molar-refractivity contribution in [2.45, 2.75) is 45.8 Å². The molecule has 1 fully saturated rings. The van der Waals surface area contributed by atoms with Gasteiger partial charge in [0.15, 0.2) is 0 Å². The lowest BCUT2D eigenvalue weighted by atomic mass is 10.1. The first kappa shape index (κ1) is 10.0.